The van der Waals surface area contributed by atoms with E-state index in [2.05, 4.69) is 64.7 Å². The van der Waals surface area contributed by atoms with E-state index in [1.165, 1.54) is 0 Å². The number of aryl methyl sites for hydroxylation is 1. The Hall–Kier alpha value is -3.60. The van der Waals surface area contributed by atoms with Crippen molar-refractivity contribution in [1.82, 2.24) is 9.55 Å². The minimum absolute atomic E-state index is 0.318. The number of nitrogens with zero attached hydrogens (tertiary/aromatic N) is 3. The number of rotatable bonds is 4. The standard InChI is InChI=1S/C26H25N3O2/c1-5-29-17(2)24(21-8-6-7-9-23(21)29)26(18-10-12-19(13-11-18)28(3)4)22-16-27-15-14-20(22)25(30)31-26/h6-16H,5H2,1-4H3. The van der Waals surface area contributed by atoms with Crippen molar-refractivity contribution in [3.63, 3.8) is 0 Å². The summed E-state index contributed by atoms with van der Waals surface area (Å²) in [6.07, 6.45) is 3.42. The Morgan fingerprint density at radius 1 is 1.06 bits per heavy atom. The van der Waals surface area contributed by atoms with Crippen molar-refractivity contribution >= 4 is 22.6 Å². The normalized spacial score (nSPS) is 17.6. The van der Waals surface area contributed by atoms with Crippen LogP contribution in [0.3, 0.4) is 0 Å². The second kappa shape index (κ2) is 6.98. The van der Waals surface area contributed by atoms with Gasteiger partial charge in [-0.05, 0) is 38.1 Å². The topological polar surface area (TPSA) is 47.4 Å². The molecule has 0 amide bonds. The summed E-state index contributed by atoms with van der Waals surface area (Å²) in [5, 5.41) is 1.09. The highest BCUT2D eigenvalue weighted by Gasteiger charge is 2.51. The average Bonchev–Trinajstić information content (AvgIpc) is 3.25. The number of pyridine rings is 1. The zero-order valence-corrected chi connectivity index (χ0v) is 18.2. The van der Waals surface area contributed by atoms with Crippen LogP contribution in [0, 0.1) is 6.92 Å². The predicted octanol–water partition coefficient (Wildman–Crippen LogP) is 4.89. The van der Waals surface area contributed by atoms with Crippen molar-refractivity contribution in [2.75, 3.05) is 19.0 Å². The number of fused-ring (bicyclic) bond motifs is 2. The third-order valence-electron chi connectivity index (χ3n) is 6.36. The lowest BCUT2D eigenvalue weighted by molar-refractivity contribution is 0.0253. The van der Waals surface area contributed by atoms with Gasteiger partial charge in [0, 0.05) is 72.0 Å². The maximum atomic E-state index is 13.1. The maximum Gasteiger partial charge on any atom is 0.340 e. The van der Waals surface area contributed by atoms with Gasteiger partial charge in [0.25, 0.3) is 0 Å². The highest BCUT2D eigenvalue weighted by Crippen LogP contribution is 2.50. The van der Waals surface area contributed by atoms with Crippen LogP contribution in [0.2, 0.25) is 0 Å². The molecule has 31 heavy (non-hydrogen) atoms. The number of carbonyl (C=O) groups excluding carboxylic acids is 1. The minimum atomic E-state index is -1.05. The zero-order chi connectivity index (χ0) is 21.8. The van der Waals surface area contributed by atoms with E-state index in [0.29, 0.717) is 5.56 Å². The fourth-order valence-corrected chi connectivity index (χ4v) is 4.92. The van der Waals surface area contributed by atoms with Gasteiger partial charge in [-0.15, -0.1) is 0 Å². The monoisotopic (exact) mass is 411 g/mol. The largest absolute Gasteiger partial charge is 0.440 e. The molecule has 1 aliphatic heterocycles. The van der Waals surface area contributed by atoms with Crippen LogP contribution in [-0.2, 0) is 16.9 Å². The van der Waals surface area contributed by atoms with Gasteiger partial charge >= 0.3 is 5.97 Å². The SMILES string of the molecule is CCn1c(C)c(C2(c3ccc(N(C)C)cc3)OC(=O)c3ccncc32)c2ccccc21. The molecule has 0 N–H and O–H groups in total. The first-order chi connectivity index (χ1) is 15.0. The summed E-state index contributed by atoms with van der Waals surface area (Å²) in [6, 6.07) is 18.3. The Kier molecular flexibility index (Phi) is 4.36. The minimum Gasteiger partial charge on any atom is -0.440 e. The summed E-state index contributed by atoms with van der Waals surface area (Å²) in [6.45, 7) is 5.07. The molecule has 0 aliphatic carbocycles. The number of para-hydroxylation sites is 1. The predicted molar refractivity (Wildman–Crippen MR) is 123 cm³/mol. The molecular weight excluding hydrogens is 386 g/mol. The summed E-state index contributed by atoms with van der Waals surface area (Å²) in [5.41, 5.74) is 5.54. The highest BCUT2D eigenvalue weighted by atomic mass is 16.6. The number of cyclic esters (lactones) is 1. The summed E-state index contributed by atoms with van der Waals surface area (Å²) < 4.78 is 8.61. The van der Waals surface area contributed by atoms with Gasteiger partial charge < -0.3 is 14.2 Å². The molecule has 0 saturated heterocycles. The number of hydrogen-bond donors (Lipinski definition) is 0. The maximum absolute atomic E-state index is 13.1. The van der Waals surface area contributed by atoms with E-state index in [0.717, 1.165) is 45.5 Å². The van der Waals surface area contributed by atoms with E-state index in [1.54, 1.807) is 18.5 Å². The number of benzene rings is 2. The lowest BCUT2D eigenvalue weighted by Gasteiger charge is -2.31. The van der Waals surface area contributed by atoms with E-state index in [9.17, 15) is 4.79 Å². The second-order valence-corrected chi connectivity index (χ2v) is 8.16. The summed E-state index contributed by atoms with van der Waals surface area (Å²) in [7, 11) is 4.03. The first-order valence-corrected chi connectivity index (χ1v) is 10.5. The third kappa shape index (κ3) is 2.62. The van der Waals surface area contributed by atoms with Gasteiger partial charge in [0.15, 0.2) is 5.60 Å². The number of hydrogen-bond acceptors (Lipinski definition) is 4. The van der Waals surface area contributed by atoms with Crippen molar-refractivity contribution < 1.29 is 9.53 Å². The quantitative estimate of drug-likeness (QED) is 0.449. The van der Waals surface area contributed by atoms with Gasteiger partial charge in [0.1, 0.15) is 0 Å². The molecule has 1 atom stereocenters. The van der Waals surface area contributed by atoms with Crippen LogP contribution in [0.5, 0.6) is 0 Å². The molecule has 0 fully saturated rings. The molecule has 1 unspecified atom stereocenters. The third-order valence-corrected chi connectivity index (χ3v) is 6.36. The number of carbonyl (C=O) groups is 1. The van der Waals surface area contributed by atoms with Gasteiger partial charge in [0.05, 0.1) is 5.56 Å². The van der Waals surface area contributed by atoms with E-state index < -0.39 is 5.60 Å². The smallest absolute Gasteiger partial charge is 0.340 e. The summed E-state index contributed by atoms with van der Waals surface area (Å²) >= 11 is 0. The lowest BCUT2D eigenvalue weighted by atomic mass is 9.79. The van der Waals surface area contributed by atoms with Gasteiger partial charge in [-0.2, -0.15) is 0 Å². The van der Waals surface area contributed by atoms with E-state index in [4.69, 9.17) is 4.74 Å². The molecule has 2 aromatic heterocycles. The molecule has 2 aromatic carbocycles. The molecule has 4 aromatic rings. The van der Waals surface area contributed by atoms with Crippen LogP contribution in [0.15, 0.2) is 67.0 Å². The van der Waals surface area contributed by atoms with Gasteiger partial charge in [-0.3, -0.25) is 4.98 Å². The summed E-state index contributed by atoms with van der Waals surface area (Å²) in [5.74, 6) is -0.318. The molecular formula is C26H25N3O2. The van der Waals surface area contributed by atoms with Crippen LogP contribution in [0.25, 0.3) is 10.9 Å². The molecule has 0 spiro atoms. The molecule has 5 rings (SSSR count). The molecule has 1 aliphatic rings. The number of esters is 1. The number of anilines is 1. The Bertz CT molecular complexity index is 1300. The van der Waals surface area contributed by atoms with Crippen molar-refractivity contribution in [3.05, 3.63) is 94.9 Å². The van der Waals surface area contributed by atoms with E-state index in [-0.39, 0.29) is 5.97 Å². The highest BCUT2D eigenvalue weighted by molar-refractivity contribution is 5.98. The van der Waals surface area contributed by atoms with E-state index in [1.807, 2.05) is 26.2 Å². The Labute approximate surface area is 181 Å². The van der Waals surface area contributed by atoms with Gasteiger partial charge in [-0.1, -0.05) is 30.3 Å². The molecule has 0 saturated carbocycles. The van der Waals surface area contributed by atoms with Crippen molar-refractivity contribution in [2.45, 2.75) is 26.0 Å². The van der Waals surface area contributed by atoms with Gasteiger partial charge in [-0.25, -0.2) is 4.79 Å². The van der Waals surface area contributed by atoms with Crippen LogP contribution in [0.1, 0.15) is 39.7 Å². The lowest BCUT2D eigenvalue weighted by Crippen LogP contribution is -2.30. The Morgan fingerprint density at radius 2 is 1.81 bits per heavy atom. The fraction of sp³-hybridized carbons (Fsp3) is 0.231. The first kappa shape index (κ1) is 19.4. The molecule has 3 heterocycles. The second-order valence-electron chi connectivity index (χ2n) is 8.16. The first-order valence-electron chi connectivity index (χ1n) is 10.5. The van der Waals surface area contributed by atoms with Crippen molar-refractivity contribution in [2.24, 2.45) is 0 Å². The van der Waals surface area contributed by atoms with Crippen LogP contribution >= 0.6 is 0 Å². The van der Waals surface area contributed by atoms with Crippen molar-refractivity contribution in [3.8, 4) is 0 Å². The molecule has 5 heteroatoms. The van der Waals surface area contributed by atoms with Gasteiger partial charge in [0.2, 0.25) is 0 Å². The number of ether oxygens (including phenoxy) is 1. The zero-order valence-electron chi connectivity index (χ0n) is 18.2. The average molecular weight is 412 g/mol. The van der Waals surface area contributed by atoms with Crippen LogP contribution in [-0.4, -0.2) is 29.6 Å². The molecule has 5 nitrogen and oxygen atoms in total. The molecule has 156 valence electrons. The van der Waals surface area contributed by atoms with E-state index >= 15 is 0 Å². The molecule has 0 bridgehead atoms. The number of aromatic nitrogens is 2. The van der Waals surface area contributed by atoms with Crippen LogP contribution < -0.4 is 4.90 Å². The van der Waals surface area contributed by atoms with Crippen molar-refractivity contribution in [1.29, 1.82) is 0 Å². The van der Waals surface area contributed by atoms with Crippen LogP contribution in [0.4, 0.5) is 5.69 Å². The Morgan fingerprint density at radius 3 is 2.52 bits per heavy atom. The summed E-state index contributed by atoms with van der Waals surface area (Å²) in [4.78, 5) is 19.5. The Balaban J connectivity index is 1.90. The fourth-order valence-electron chi connectivity index (χ4n) is 4.92. The molecule has 0 radical (unpaired) electrons.